The smallest absolute Gasteiger partial charge is 0.0781 e. The highest BCUT2D eigenvalue weighted by Gasteiger charge is 2.22. The van der Waals surface area contributed by atoms with Gasteiger partial charge in [-0.2, -0.15) is 5.26 Å². The van der Waals surface area contributed by atoms with Crippen molar-refractivity contribution >= 4 is 11.6 Å². The molecule has 96 valence electrons. The number of benzene rings is 2. The third-order valence-corrected chi connectivity index (χ3v) is 3.69. The van der Waals surface area contributed by atoms with Gasteiger partial charge in [-0.1, -0.05) is 61.0 Å². The molecule has 0 heterocycles. The minimum Gasteiger partial charge on any atom is -0.198 e. The molecular weight excluding hydrogens is 254 g/mol. The van der Waals surface area contributed by atoms with Crippen molar-refractivity contribution in [2.75, 3.05) is 0 Å². The second-order valence-electron chi connectivity index (χ2n) is 4.58. The highest BCUT2D eigenvalue weighted by Crippen LogP contribution is 2.35. The van der Waals surface area contributed by atoms with Crippen LogP contribution < -0.4 is 0 Å². The Balaban J connectivity index is 2.35. The first kappa shape index (κ1) is 13.6. The molecule has 0 aliphatic carbocycles. The lowest BCUT2D eigenvalue weighted by Gasteiger charge is -2.21. The van der Waals surface area contributed by atoms with Crippen LogP contribution in [0.25, 0.3) is 0 Å². The predicted molar refractivity (Wildman–Crippen MR) is 79.3 cm³/mol. The molecule has 0 bridgehead atoms. The van der Waals surface area contributed by atoms with Gasteiger partial charge in [-0.15, -0.1) is 0 Å². The summed E-state index contributed by atoms with van der Waals surface area (Å²) in [4.78, 5) is 0. The van der Waals surface area contributed by atoms with Crippen LogP contribution in [-0.2, 0) is 0 Å². The quantitative estimate of drug-likeness (QED) is 0.754. The molecule has 2 aromatic rings. The van der Waals surface area contributed by atoms with Crippen LogP contribution in [0, 0.1) is 11.3 Å². The van der Waals surface area contributed by atoms with Crippen LogP contribution in [0.2, 0.25) is 5.02 Å². The van der Waals surface area contributed by atoms with E-state index in [0.717, 1.165) is 17.0 Å². The summed E-state index contributed by atoms with van der Waals surface area (Å²) in [5.74, 6) is 0.0806. The van der Waals surface area contributed by atoms with Crippen molar-refractivity contribution < 1.29 is 0 Å². The van der Waals surface area contributed by atoms with Crippen molar-refractivity contribution in [3.63, 3.8) is 0 Å². The Morgan fingerprint density at radius 3 is 2.16 bits per heavy atom. The monoisotopic (exact) mass is 269 g/mol. The van der Waals surface area contributed by atoms with Crippen LogP contribution in [0.5, 0.6) is 0 Å². The summed E-state index contributed by atoms with van der Waals surface area (Å²) in [5, 5.41) is 10.2. The molecule has 0 aliphatic rings. The van der Waals surface area contributed by atoms with Gasteiger partial charge in [-0.3, -0.25) is 0 Å². The molecule has 0 unspecified atom stereocenters. The minimum atomic E-state index is -0.118. The molecule has 0 N–H and O–H groups in total. The van der Waals surface area contributed by atoms with Gasteiger partial charge in [0.05, 0.1) is 12.0 Å². The standard InChI is InChI=1S/C17H16ClN/c1-2-16(14-8-10-15(18)11-9-14)17(12-19)13-6-4-3-5-7-13/h3-11,16-17H,2H2,1H3/t16-,17-/m0/s1. The topological polar surface area (TPSA) is 23.8 Å². The van der Waals surface area contributed by atoms with Crippen molar-refractivity contribution in [1.82, 2.24) is 0 Å². The van der Waals surface area contributed by atoms with Crippen molar-refractivity contribution in [2.45, 2.75) is 25.2 Å². The first-order chi connectivity index (χ1) is 9.26. The molecule has 2 heteroatoms. The van der Waals surface area contributed by atoms with Gasteiger partial charge in [-0.25, -0.2) is 0 Å². The van der Waals surface area contributed by atoms with E-state index >= 15 is 0 Å². The van der Waals surface area contributed by atoms with Gasteiger partial charge >= 0.3 is 0 Å². The fourth-order valence-corrected chi connectivity index (χ4v) is 2.56. The Bertz CT molecular complexity index is 554. The fourth-order valence-electron chi connectivity index (χ4n) is 2.43. The average Bonchev–Trinajstić information content (AvgIpc) is 2.47. The third-order valence-electron chi connectivity index (χ3n) is 3.44. The number of hydrogen-bond acceptors (Lipinski definition) is 1. The van der Waals surface area contributed by atoms with Crippen molar-refractivity contribution in [1.29, 1.82) is 5.26 Å². The van der Waals surface area contributed by atoms with Crippen LogP contribution in [0.1, 0.15) is 36.3 Å². The first-order valence-corrected chi connectivity index (χ1v) is 6.84. The van der Waals surface area contributed by atoms with Crippen LogP contribution >= 0.6 is 11.6 Å². The second kappa shape index (κ2) is 6.41. The summed E-state index contributed by atoms with van der Waals surface area (Å²) in [5.41, 5.74) is 2.24. The lowest BCUT2D eigenvalue weighted by atomic mass is 9.81. The molecule has 2 aromatic carbocycles. The SMILES string of the molecule is CC[C@@H](c1ccc(Cl)cc1)[C@@H](C#N)c1ccccc1. The molecule has 0 amide bonds. The lowest BCUT2D eigenvalue weighted by Crippen LogP contribution is -2.09. The van der Waals surface area contributed by atoms with Crippen molar-refractivity contribution in [3.05, 3.63) is 70.7 Å². The van der Waals surface area contributed by atoms with E-state index in [2.05, 4.69) is 13.0 Å². The van der Waals surface area contributed by atoms with Gasteiger partial charge in [-0.05, 0) is 29.7 Å². The van der Waals surface area contributed by atoms with Crippen LogP contribution in [0.15, 0.2) is 54.6 Å². The van der Waals surface area contributed by atoms with E-state index in [0.29, 0.717) is 0 Å². The summed E-state index contributed by atoms with van der Waals surface area (Å²) in [7, 11) is 0. The average molecular weight is 270 g/mol. The molecule has 1 nitrogen and oxygen atoms in total. The summed E-state index contributed by atoms with van der Waals surface area (Å²) in [6.07, 6.45) is 0.925. The molecule has 0 saturated heterocycles. The Morgan fingerprint density at radius 2 is 1.63 bits per heavy atom. The van der Waals surface area contributed by atoms with Gasteiger partial charge in [0, 0.05) is 10.9 Å². The van der Waals surface area contributed by atoms with Crippen molar-refractivity contribution in [2.24, 2.45) is 0 Å². The number of nitriles is 1. The van der Waals surface area contributed by atoms with Gasteiger partial charge in [0.15, 0.2) is 0 Å². The Labute approximate surface area is 119 Å². The van der Waals surface area contributed by atoms with Gasteiger partial charge in [0.1, 0.15) is 0 Å². The highest BCUT2D eigenvalue weighted by atomic mass is 35.5. The predicted octanol–water partition coefficient (Wildman–Crippen LogP) is 5.14. The largest absolute Gasteiger partial charge is 0.198 e. The zero-order chi connectivity index (χ0) is 13.7. The molecule has 0 saturated carbocycles. The second-order valence-corrected chi connectivity index (χ2v) is 5.02. The molecule has 0 spiro atoms. The maximum atomic E-state index is 9.52. The van der Waals surface area contributed by atoms with E-state index in [4.69, 9.17) is 11.6 Å². The molecular formula is C17H16ClN. The zero-order valence-electron chi connectivity index (χ0n) is 10.9. The van der Waals surface area contributed by atoms with E-state index in [1.807, 2.05) is 54.6 Å². The van der Waals surface area contributed by atoms with E-state index in [1.165, 1.54) is 5.56 Å². The van der Waals surface area contributed by atoms with Crippen molar-refractivity contribution in [3.8, 4) is 6.07 Å². The van der Waals surface area contributed by atoms with E-state index in [9.17, 15) is 5.26 Å². The minimum absolute atomic E-state index is 0.118. The molecule has 19 heavy (non-hydrogen) atoms. The molecule has 2 rings (SSSR count). The van der Waals surface area contributed by atoms with Crippen LogP contribution in [-0.4, -0.2) is 0 Å². The Hall–Kier alpha value is -1.78. The van der Waals surface area contributed by atoms with Gasteiger partial charge < -0.3 is 0 Å². The molecule has 0 radical (unpaired) electrons. The lowest BCUT2D eigenvalue weighted by molar-refractivity contribution is 0.607. The van der Waals surface area contributed by atoms with E-state index in [-0.39, 0.29) is 11.8 Å². The number of halogens is 1. The molecule has 2 atom stereocenters. The zero-order valence-corrected chi connectivity index (χ0v) is 11.6. The maximum Gasteiger partial charge on any atom is 0.0781 e. The summed E-state index contributed by atoms with van der Waals surface area (Å²) >= 11 is 5.92. The first-order valence-electron chi connectivity index (χ1n) is 6.46. The number of rotatable bonds is 4. The summed E-state index contributed by atoms with van der Waals surface area (Å²) in [6.45, 7) is 2.12. The number of hydrogen-bond donors (Lipinski definition) is 0. The highest BCUT2D eigenvalue weighted by molar-refractivity contribution is 6.30. The third kappa shape index (κ3) is 3.16. The van der Waals surface area contributed by atoms with Gasteiger partial charge in [0.2, 0.25) is 0 Å². The van der Waals surface area contributed by atoms with Gasteiger partial charge in [0.25, 0.3) is 0 Å². The van der Waals surface area contributed by atoms with E-state index in [1.54, 1.807) is 0 Å². The summed E-state index contributed by atoms with van der Waals surface area (Å²) in [6, 6.07) is 20.2. The fraction of sp³-hybridized carbons (Fsp3) is 0.235. The van der Waals surface area contributed by atoms with Crippen LogP contribution in [0.4, 0.5) is 0 Å². The Kier molecular flexibility index (Phi) is 4.60. The molecule has 0 aromatic heterocycles. The maximum absolute atomic E-state index is 9.52. The molecule has 0 aliphatic heterocycles. The van der Waals surface area contributed by atoms with E-state index < -0.39 is 0 Å². The Morgan fingerprint density at radius 1 is 1.00 bits per heavy atom. The normalized spacial score (nSPS) is 13.5. The van der Waals surface area contributed by atoms with Crippen LogP contribution in [0.3, 0.4) is 0 Å². The molecule has 0 fully saturated rings. The number of nitrogens with zero attached hydrogens (tertiary/aromatic N) is 1. The summed E-state index contributed by atoms with van der Waals surface area (Å²) < 4.78 is 0.